The van der Waals surface area contributed by atoms with E-state index < -0.39 is 0 Å². The number of ether oxygens (including phenoxy) is 1. The van der Waals surface area contributed by atoms with E-state index in [1.807, 2.05) is 49.5 Å². The second-order valence-corrected chi connectivity index (χ2v) is 5.99. The van der Waals surface area contributed by atoms with Crippen LogP contribution in [0.25, 0.3) is 0 Å². The van der Waals surface area contributed by atoms with Gasteiger partial charge in [0.2, 0.25) is 5.91 Å². The van der Waals surface area contributed by atoms with Crippen LogP contribution in [0, 0.1) is 0 Å². The molecule has 0 radical (unpaired) electrons. The van der Waals surface area contributed by atoms with Crippen molar-refractivity contribution in [3.05, 3.63) is 65.7 Å². The predicted molar refractivity (Wildman–Crippen MR) is 104 cm³/mol. The standard InChI is InChI=1S/C20H26N2O2.ClH/c1-22(14-6-7-16-10-12-18(24-2)13-11-16)20(23)15-19(21)17-8-4-3-5-9-17;/h3-5,8-13,19H,6-7,14-15,21H2,1-2H3;1H. The third-order valence-electron chi connectivity index (χ3n) is 4.17. The van der Waals surface area contributed by atoms with Crippen molar-refractivity contribution in [1.82, 2.24) is 4.90 Å². The molecule has 4 nitrogen and oxygen atoms in total. The molecule has 2 N–H and O–H groups in total. The van der Waals surface area contributed by atoms with Gasteiger partial charge in [-0.15, -0.1) is 12.4 Å². The maximum Gasteiger partial charge on any atom is 0.224 e. The molecule has 0 aliphatic rings. The van der Waals surface area contributed by atoms with Gasteiger partial charge < -0.3 is 15.4 Å². The van der Waals surface area contributed by atoms with Crippen LogP contribution in [-0.4, -0.2) is 31.5 Å². The SMILES string of the molecule is COc1ccc(CCCN(C)C(=O)CC(N)c2ccccc2)cc1.Cl. The number of benzene rings is 2. The van der Waals surface area contributed by atoms with E-state index in [9.17, 15) is 4.79 Å². The molecule has 0 fully saturated rings. The number of carbonyl (C=O) groups excluding carboxylic acids is 1. The average molecular weight is 363 g/mol. The number of amides is 1. The van der Waals surface area contributed by atoms with Gasteiger partial charge in [-0.25, -0.2) is 0 Å². The summed E-state index contributed by atoms with van der Waals surface area (Å²) < 4.78 is 5.15. The molecule has 0 aliphatic heterocycles. The Hall–Kier alpha value is -2.04. The minimum absolute atomic E-state index is 0. The maximum atomic E-state index is 12.3. The summed E-state index contributed by atoms with van der Waals surface area (Å²) in [6.07, 6.45) is 2.20. The molecule has 1 amide bonds. The zero-order chi connectivity index (χ0) is 17.4. The second-order valence-electron chi connectivity index (χ2n) is 5.99. The van der Waals surface area contributed by atoms with Gasteiger partial charge in [0.15, 0.2) is 0 Å². The van der Waals surface area contributed by atoms with Gasteiger partial charge in [0.1, 0.15) is 5.75 Å². The lowest BCUT2D eigenvalue weighted by Gasteiger charge is -2.20. The summed E-state index contributed by atoms with van der Waals surface area (Å²) in [6, 6.07) is 17.6. The molecule has 0 bridgehead atoms. The van der Waals surface area contributed by atoms with Crippen LogP contribution in [0.15, 0.2) is 54.6 Å². The van der Waals surface area contributed by atoms with Crippen molar-refractivity contribution in [2.45, 2.75) is 25.3 Å². The molecule has 2 rings (SSSR count). The summed E-state index contributed by atoms with van der Waals surface area (Å²) >= 11 is 0. The summed E-state index contributed by atoms with van der Waals surface area (Å²) in [4.78, 5) is 14.1. The Bertz CT molecular complexity index is 632. The molecule has 0 heterocycles. The van der Waals surface area contributed by atoms with E-state index in [4.69, 9.17) is 10.5 Å². The number of aryl methyl sites for hydroxylation is 1. The van der Waals surface area contributed by atoms with Crippen LogP contribution < -0.4 is 10.5 Å². The van der Waals surface area contributed by atoms with Crippen LogP contribution in [0.2, 0.25) is 0 Å². The Kier molecular flexibility index (Phi) is 9.03. The van der Waals surface area contributed by atoms with Crippen molar-refractivity contribution in [2.75, 3.05) is 20.7 Å². The number of carbonyl (C=O) groups is 1. The lowest BCUT2D eigenvalue weighted by molar-refractivity contribution is -0.130. The van der Waals surface area contributed by atoms with Crippen molar-refractivity contribution in [1.29, 1.82) is 0 Å². The van der Waals surface area contributed by atoms with Crippen molar-refractivity contribution < 1.29 is 9.53 Å². The van der Waals surface area contributed by atoms with Crippen LogP contribution in [0.5, 0.6) is 5.75 Å². The van der Waals surface area contributed by atoms with Crippen molar-refractivity contribution in [3.8, 4) is 5.75 Å². The predicted octanol–water partition coefficient (Wildman–Crippen LogP) is 3.60. The summed E-state index contributed by atoms with van der Waals surface area (Å²) in [5, 5.41) is 0. The van der Waals surface area contributed by atoms with E-state index in [0.29, 0.717) is 6.42 Å². The van der Waals surface area contributed by atoms with Crippen LogP contribution in [0.1, 0.15) is 30.0 Å². The number of methoxy groups -OCH3 is 1. The molecule has 2 aromatic carbocycles. The Morgan fingerprint density at radius 2 is 1.76 bits per heavy atom. The highest BCUT2D eigenvalue weighted by molar-refractivity contribution is 5.85. The van der Waals surface area contributed by atoms with Gasteiger partial charge in [-0.2, -0.15) is 0 Å². The Balaban J connectivity index is 0.00000312. The first-order chi connectivity index (χ1) is 11.6. The van der Waals surface area contributed by atoms with Crippen LogP contribution in [-0.2, 0) is 11.2 Å². The van der Waals surface area contributed by atoms with E-state index in [1.54, 1.807) is 12.0 Å². The van der Waals surface area contributed by atoms with E-state index in [-0.39, 0.29) is 24.4 Å². The fourth-order valence-electron chi connectivity index (χ4n) is 2.60. The number of nitrogens with two attached hydrogens (primary N) is 1. The van der Waals surface area contributed by atoms with Crippen LogP contribution in [0.3, 0.4) is 0 Å². The van der Waals surface area contributed by atoms with E-state index in [2.05, 4.69) is 12.1 Å². The molecule has 0 saturated carbocycles. The normalized spacial score (nSPS) is 11.3. The molecule has 1 unspecified atom stereocenters. The Morgan fingerprint density at radius 1 is 1.12 bits per heavy atom. The molecule has 5 heteroatoms. The quantitative estimate of drug-likeness (QED) is 0.780. The molecule has 1 atom stereocenters. The van der Waals surface area contributed by atoms with Gasteiger partial charge in [0.25, 0.3) is 0 Å². The largest absolute Gasteiger partial charge is 0.497 e. The van der Waals surface area contributed by atoms with E-state index in [1.165, 1.54) is 5.56 Å². The third kappa shape index (κ3) is 6.77. The highest BCUT2D eigenvalue weighted by atomic mass is 35.5. The zero-order valence-corrected chi connectivity index (χ0v) is 15.7. The Labute approximate surface area is 156 Å². The van der Waals surface area contributed by atoms with Gasteiger partial charge in [-0.1, -0.05) is 42.5 Å². The monoisotopic (exact) mass is 362 g/mol. The summed E-state index contributed by atoms with van der Waals surface area (Å²) in [7, 11) is 3.50. The van der Waals surface area contributed by atoms with Gasteiger partial charge in [0, 0.05) is 26.1 Å². The first kappa shape index (κ1) is 21.0. The van der Waals surface area contributed by atoms with Crippen molar-refractivity contribution in [3.63, 3.8) is 0 Å². The fraction of sp³-hybridized carbons (Fsp3) is 0.350. The second kappa shape index (κ2) is 10.7. The van der Waals surface area contributed by atoms with Crippen molar-refractivity contribution >= 4 is 18.3 Å². The Morgan fingerprint density at radius 3 is 2.36 bits per heavy atom. The van der Waals surface area contributed by atoms with E-state index in [0.717, 1.165) is 30.7 Å². The summed E-state index contributed by atoms with van der Waals surface area (Å²) in [6.45, 7) is 0.729. The number of hydrogen-bond donors (Lipinski definition) is 1. The molecule has 0 aliphatic carbocycles. The van der Waals surface area contributed by atoms with Crippen molar-refractivity contribution in [2.24, 2.45) is 5.73 Å². The van der Waals surface area contributed by atoms with Gasteiger partial charge in [-0.3, -0.25) is 4.79 Å². The minimum atomic E-state index is -0.247. The topological polar surface area (TPSA) is 55.6 Å². The van der Waals surface area contributed by atoms with Crippen LogP contribution >= 0.6 is 12.4 Å². The maximum absolute atomic E-state index is 12.3. The summed E-state index contributed by atoms with van der Waals surface area (Å²) in [5.41, 5.74) is 8.37. The number of nitrogens with zero attached hydrogens (tertiary/aromatic N) is 1. The van der Waals surface area contributed by atoms with Gasteiger partial charge in [-0.05, 0) is 36.1 Å². The third-order valence-corrected chi connectivity index (χ3v) is 4.17. The summed E-state index contributed by atoms with van der Waals surface area (Å²) in [5.74, 6) is 0.946. The zero-order valence-electron chi connectivity index (χ0n) is 14.9. The molecular formula is C20H27ClN2O2. The van der Waals surface area contributed by atoms with Gasteiger partial charge >= 0.3 is 0 Å². The molecule has 136 valence electrons. The minimum Gasteiger partial charge on any atom is -0.497 e. The average Bonchev–Trinajstić information content (AvgIpc) is 2.62. The number of rotatable bonds is 8. The molecule has 2 aromatic rings. The molecule has 0 spiro atoms. The van der Waals surface area contributed by atoms with E-state index >= 15 is 0 Å². The molecule has 25 heavy (non-hydrogen) atoms. The highest BCUT2D eigenvalue weighted by Crippen LogP contribution is 2.15. The fourth-order valence-corrected chi connectivity index (χ4v) is 2.60. The molecule has 0 saturated heterocycles. The lowest BCUT2D eigenvalue weighted by atomic mass is 10.0. The smallest absolute Gasteiger partial charge is 0.224 e. The molecular weight excluding hydrogens is 336 g/mol. The first-order valence-corrected chi connectivity index (χ1v) is 8.27. The molecule has 0 aromatic heterocycles. The number of halogens is 1. The van der Waals surface area contributed by atoms with Crippen LogP contribution in [0.4, 0.5) is 0 Å². The van der Waals surface area contributed by atoms with Gasteiger partial charge in [0.05, 0.1) is 7.11 Å². The highest BCUT2D eigenvalue weighted by Gasteiger charge is 2.14. The number of hydrogen-bond acceptors (Lipinski definition) is 3. The first-order valence-electron chi connectivity index (χ1n) is 8.27. The lowest BCUT2D eigenvalue weighted by Crippen LogP contribution is -2.30.